The highest BCUT2D eigenvalue weighted by atomic mass is 31.2. The number of hydrogen-bond acceptors (Lipinski definition) is 7. The minimum atomic E-state index is -4.85. The number of nitrogens with two attached hydrogens (primary N) is 2. The lowest BCUT2D eigenvalue weighted by atomic mass is 10.0. The third-order valence-corrected chi connectivity index (χ3v) is 4.04. The molecular formula is C15H24N3O8P. The number of phenols is 1. The maximum absolute atomic E-state index is 12.0. The van der Waals surface area contributed by atoms with Crippen molar-refractivity contribution < 1.29 is 38.7 Å². The summed E-state index contributed by atoms with van der Waals surface area (Å²) in [5.74, 6) is -2.95. The van der Waals surface area contributed by atoms with Crippen LogP contribution in [0.4, 0.5) is 0 Å². The van der Waals surface area contributed by atoms with Gasteiger partial charge in [0.05, 0.1) is 6.04 Å². The first-order valence-electron chi connectivity index (χ1n) is 8.09. The van der Waals surface area contributed by atoms with E-state index in [-0.39, 0.29) is 6.42 Å². The number of unbranched alkanes of at least 4 members (excludes halogenated alkanes) is 1. The Morgan fingerprint density at radius 2 is 1.93 bits per heavy atom. The summed E-state index contributed by atoms with van der Waals surface area (Å²) < 4.78 is 15.1. The summed E-state index contributed by atoms with van der Waals surface area (Å²) in [5, 5.41) is 21.4. The van der Waals surface area contributed by atoms with E-state index in [0.717, 1.165) is 12.1 Å². The number of aromatic hydroxyl groups is 1. The number of benzene rings is 1. The molecular weight excluding hydrogens is 381 g/mol. The largest absolute Gasteiger partial charge is 0.524 e. The number of carbonyl (C=O) groups is 2. The summed E-state index contributed by atoms with van der Waals surface area (Å²) in [5.41, 5.74) is 11.4. The quantitative estimate of drug-likeness (QED) is 0.184. The Bertz CT molecular complexity index is 708. The van der Waals surface area contributed by atoms with Crippen LogP contribution in [0.2, 0.25) is 0 Å². The van der Waals surface area contributed by atoms with Crippen LogP contribution in [0.15, 0.2) is 18.2 Å². The number of carboxylic acids is 1. The minimum absolute atomic E-state index is 0.180. The zero-order valence-electron chi connectivity index (χ0n) is 14.4. The molecule has 0 saturated carbocycles. The molecule has 1 amide bonds. The van der Waals surface area contributed by atoms with Crippen molar-refractivity contribution in [3.05, 3.63) is 23.8 Å². The highest BCUT2D eigenvalue weighted by molar-refractivity contribution is 7.46. The number of carbonyl (C=O) groups excluding carboxylic acids is 1. The van der Waals surface area contributed by atoms with E-state index >= 15 is 0 Å². The number of phosphoric acid groups is 1. The number of amides is 1. The zero-order valence-corrected chi connectivity index (χ0v) is 15.3. The van der Waals surface area contributed by atoms with Gasteiger partial charge in [0.1, 0.15) is 6.04 Å². The first-order valence-corrected chi connectivity index (χ1v) is 9.62. The maximum atomic E-state index is 12.0. The fourth-order valence-corrected chi connectivity index (χ4v) is 2.66. The number of hydrogen-bond donors (Lipinski definition) is 7. The van der Waals surface area contributed by atoms with Gasteiger partial charge in [-0.3, -0.25) is 14.6 Å². The van der Waals surface area contributed by atoms with E-state index in [0.29, 0.717) is 31.4 Å². The van der Waals surface area contributed by atoms with Crippen LogP contribution in [-0.2, 0) is 20.6 Å². The van der Waals surface area contributed by atoms with Crippen molar-refractivity contribution in [2.45, 2.75) is 37.8 Å². The Hall–Kier alpha value is -2.17. The third-order valence-electron chi connectivity index (χ3n) is 3.60. The normalized spacial score (nSPS) is 13.6. The summed E-state index contributed by atoms with van der Waals surface area (Å²) in [6, 6.07) is 1.32. The Kier molecular flexibility index (Phi) is 8.67. The summed E-state index contributed by atoms with van der Waals surface area (Å²) >= 11 is 0. The second-order valence-electron chi connectivity index (χ2n) is 5.88. The maximum Gasteiger partial charge on any atom is 0.524 e. The Morgan fingerprint density at radius 1 is 1.26 bits per heavy atom. The van der Waals surface area contributed by atoms with Crippen molar-refractivity contribution in [3.63, 3.8) is 0 Å². The van der Waals surface area contributed by atoms with Crippen LogP contribution in [0.1, 0.15) is 24.8 Å². The third kappa shape index (κ3) is 8.37. The fourth-order valence-electron chi connectivity index (χ4n) is 2.25. The molecule has 0 spiro atoms. The average Bonchev–Trinajstić information content (AvgIpc) is 2.55. The van der Waals surface area contributed by atoms with E-state index in [4.69, 9.17) is 21.3 Å². The molecule has 2 atom stereocenters. The highest BCUT2D eigenvalue weighted by Gasteiger charge is 2.24. The molecule has 0 aromatic heterocycles. The van der Waals surface area contributed by atoms with E-state index in [2.05, 4.69) is 9.84 Å². The van der Waals surface area contributed by atoms with Gasteiger partial charge >= 0.3 is 13.8 Å². The van der Waals surface area contributed by atoms with E-state index < -0.39 is 43.3 Å². The van der Waals surface area contributed by atoms with Gasteiger partial charge in [0.15, 0.2) is 11.5 Å². The van der Waals surface area contributed by atoms with Crippen LogP contribution in [-0.4, -0.2) is 50.5 Å². The predicted molar refractivity (Wildman–Crippen MR) is 94.9 cm³/mol. The van der Waals surface area contributed by atoms with Crippen molar-refractivity contribution in [1.82, 2.24) is 5.32 Å². The predicted octanol–water partition coefficient (Wildman–Crippen LogP) is -0.568. The number of carboxylic acid groups (broad SMARTS) is 1. The average molecular weight is 405 g/mol. The topological polar surface area (TPSA) is 205 Å². The van der Waals surface area contributed by atoms with Gasteiger partial charge in [-0.2, -0.15) is 0 Å². The van der Waals surface area contributed by atoms with Crippen molar-refractivity contribution in [1.29, 1.82) is 0 Å². The molecule has 0 aliphatic rings. The van der Waals surface area contributed by atoms with Gasteiger partial charge < -0.3 is 31.5 Å². The van der Waals surface area contributed by atoms with E-state index in [1.54, 1.807) is 0 Å². The molecule has 11 nitrogen and oxygen atoms in total. The molecule has 0 heterocycles. The fraction of sp³-hybridized carbons (Fsp3) is 0.467. The van der Waals surface area contributed by atoms with Gasteiger partial charge in [0.2, 0.25) is 5.91 Å². The molecule has 0 radical (unpaired) electrons. The van der Waals surface area contributed by atoms with Gasteiger partial charge in [-0.1, -0.05) is 12.5 Å². The number of nitrogens with one attached hydrogen (secondary N) is 1. The second-order valence-corrected chi connectivity index (χ2v) is 7.04. The Morgan fingerprint density at radius 3 is 2.44 bits per heavy atom. The van der Waals surface area contributed by atoms with Crippen LogP contribution in [0.25, 0.3) is 0 Å². The van der Waals surface area contributed by atoms with Crippen molar-refractivity contribution in [3.8, 4) is 11.5 Å². The number of rotatable bonds is 11. The van der Waals surface area contributed by atoms with E-state index in [1.807, 2.05) is 0 Å². The van der Waals surface area contributed by atoms with Gasteiger partial charge in [0, 0.05) is 6.42 Å². The zero-order chi connectivity index (χ0) is 20.6. The van der Waals surface area contributed by atoms with E-state index in [1.165, 1.54) is 6.07 Å². The molecule has 152 valence electrons. The van der Waals surface area contributed by atoms with Crippen LogP contribution in [0, 0.1) is 0 Å². The van der Waals surface area contributed by atoms with Crippen LogP contribution < -0.4 is 21.3 Å². The van der Waals surface area contributed by atoms with Gasteiger partial charge in [-0.05, 0) is 37.1 Å². The lowest BCUT2D eigenvalue weighted by molar-refractivity contribution is -0.142. The minimum Gasteiger partial charge on any atom is -0.504 e. The molecule has 0 bridgehead atoms. The molecule has 0 saturated heterocycles. The smallest absolute Gasteiger partial charge is 0.504 e. The monoisotopic (exact) mass is 405 g/mol. The molecule has 12 heteroatoms. The summed E-state index contributed by atoms with van der Waals surface area (Å²) in [6.45, 7) is 0.470. The molecule has 0 aliphatic carbocycles. The standard InChI is InChI=1S/C15H24N3O8P/c16-6-2-1-3-10(17)14(20)18-11(15(21)22)7-9-4-5-13(12(19)8-9)26-27(23,24)25/h4-5,8,10-11,19H,1-3,6-7,16-17H2,(H,18,20)(H,21,22)(H2,23,24,25)/t10-,11-/m0/s1. The molecule has 1 aromatic carbocycles. The van der Waals surface area contributed by atoms with Gasteiger partial charge in [0.25, 0.3) is 0 Å². The lowest BCUT2D eigenvalue weighted by Crippen LogP contribution is -2.49. The number of aliphatic carboxylic acids is 1. The summed E-state index contributed by atoms with van der Waals surface area (Å²) in [4.78, 5) is 40.9. The number of phenolic OH excluding ortho intramolecular Hbond substituents is 1. The van der Waals surface area contributed by atoms with Crippen LogP contribution in [0.5, 0.6) is 11.5 Å². The van der Waals surface area contributed by atoms with Crippen LogP contribution >= 0.6 is 7.82 Å². The molecule has 9 N–H and O–H groups in total. The molecule has 1 aromatic rings. The molecule has 0 unspecified atom stereocenters. The molecule has 0 fully saturated rings. The second kappa shape index (κ2) is 10.2. The SMILES string of the molecule is NCCCC[C@H](N)C(=O)N[C@@H](Cc1ccc(OP(=O)(O)O)c(O)c1)C(=O)O. The van der Waals surface area contributed by atoms with Gasteiger partial charge in [-0.15, -0.1) is 0 Å². The first-order chi connectivity index (χ1) is 12.5. The summed E-state index contributed by atoms with van der Waals surface area (Å²) in [7, 11) is -4.85. The molecule has 1 rings (SSSR count). The Labute approximate surface area is 155 Å². The molecule has 0 aliphatic heterocycles. The van der Waals surface area contributed by atoms with Crippen LogP contribution in [0.3, 0.4) is 0 Å². The lowest BCUT2D eigenvalue weighted by Gasteiger charge is -2.18. The van der Waals surface area contributed by atoms with Crippen molar-refractivity contribution >= 4 is 19.7 Å². The summed E-state index contributed by atoms with van der Waals surface area (Å²) in [6.07, 6.45) is 1.52. The Balaban J connectivity index is 2.77. The number of phosphoric ester groups is 1. The van der Waals surface area contributed by atoms with Crippen molar-refractivity contribution in [2.75, 3.05) is 6.54 Å². The first kappa shape index (κ1) is 22.9. The van der Waals surface area contributed by atoms with E-state index in [9.17, 15) is 24.4 Å². The highest BCUT2D eigenvalue weighted by Crippen LogP contribution is 2.41. The van der Waals surface area contributed by atoms with Gasteiger partial charge in [-0.25, -0.2) is 9.36 Å². The van der Waals surface area contributed by atoms with Crippen molar-refractivity contribution in [2.24, 2.45) is 11.5 Å². The molecule has 27 heavy (non-hydrogen) atoms.